The Bertz CT molecular complexity index is 1010. The molecule has 3 heterocycles. The first-order chi connectivity index (χ1) is 13.7. The number of likely N-dealkylation sites (tertiary alicyclic amines) is 1. The molecule has 0 atom stereocenters. The van der Waals surface area contributed by atoms with E-state index in [4.69, 9.17) is 0 Å². The Morgan fingerprint density at radius 3 is 2.25 bits per heavy atom. The summed E-state index contributed by atoms with van der Waals surface area (Å²) in [6, 6.07) is 15.6. The van der Waals surface area contributed by atoms with Crippen LogP contribution in [0.4, 0.5) is 0 Å². The summed E-state index contributed by atoms with van der Waals surface area (Å²) >= 11 is 0. The quantitative estimate of drug-likeness (QED) is 0.713. The number of carbonyl (C=O) groups is 2. The minimum atomic E-state index is -0.127. The van der Waals surface area contributed by atoms with Gasteiger partial charge < -0.3 is 9.88 Å². The Kier molecular flexibility index (Phi) is 4.24. The number of hydrogen-bond acceptors (Lipinski definition) is 3. The van der Waals surface area contributed by atoms with Gasteiger partial charge in [-0.3, -0.25) is 14.5 Å². The number of carbonyl (C=O) groups excluding carboxylic acids is 2. The third-order valence-corrected chi connectivity index (χ3v) is 6.12. The molecule has 0 saturated carbocycles. The highest BCUT2D eigenvalue weighted by Gasteiger charge is 2.40. The lowest BCUT2D eigenvalue weighted by Gasteiger charge is -2.35. The number of aromatic nitrogens is 1. The fraction of sp³-hybridized carbons (Fsp3) is 0.304. The molecule has 5 rings (SSSR count). The average Bonchev–Trinajstić information content (AvgIpc) is 3.26. The fourth-order valence-corrected chi connectivity index (χ4v) is 4.56. The molecule has 1 N–H and O–H groups in total. The molecular weight excluding hydrogens is 350 g/mol. The highest BCUT2D eigenvalue weighted by molar-refractivity contribution is 6.21. The van der Waals surface area contributed by atoms with Gasteiger partial charge in [0.2, 0.25) is 0 Å². The predicted octanol–water partition coefficient (Wildman–Crippen LogP) is 3.47. The van der Waals surface area contributed by atoms with Crippen molar-refractivity contribution in [3.05, 3.63) is 71.4 Å². The predicted molar refractivity (Wildman–Crippen MR) is 108 cm³/mol. The number of hydrogen-bond donors (Lipinski definition) is 1. The lowest BCUT2D eigenvalue weighted by molar-refractivity contribution is 0.0504. The maximum absolute atomic E-state index is 12.7. The Labute approximate surface area is 163 Å². The van der Waals surface area contributed by atoms with E-state index in [1.165, 1.54) is 21.4 Å². The number of aromatic amines is 1. The van der Waals surface area contributed by atoms with Crippen LogP contribution < -0.4 is 0 Å². The number of rotatable bonds is 4. The third-order valence-electron chi connectivity index (χ3n) is 6.12. The van der Waals surface area contributed by atoms with Gasteiger partial charge in [-0.2, -0.15) is 0 Å². The topological polar surface area (TPSA) is 56.4 Å². The van der Waals surface area contributed by atoms with E-state index in [0.29, 0.717) is 11.1 Å². The molecule has 1 aromatic heterocycles. The van der Waals surface area contributed by atoms with E-state index >= 15 is 0 Å². The van der Waals surface area contributed by atoms with Crippen LogP contribution in [0.15, 0.2) is 54.7 Å². The fourth-order valence-electron chi connectivity index (χ4n) is 4.56. The van der Waals surface area contributed by atoms with Crippen LogP contribution in [0.25, 0.3) is 10.9 Å². The summed E-state index contributed by atoms with van der Waals surface area (Å²) < 4.78 is 0. The van der Waals surface area contributed by atoms with Crippen LogP contribution in [-0.4, -0.2) is 52.3 Å². The molecule has 0 bridgehead atoms. The highest BCUT2D eigenvalue weighted by Crippen LogP contribution is 2.28. The Hall–Kier alpha value is -2.92. The van der Waals surface area contributed by atoms with Gasteiger partial charge in [-0.25, -0.2) is 0 Å². The summed E-state index contributed by atoms with van der Waals surface area (Å²) in [4.78, 5) is 32.6. The molecule has 0 spiro atoms. The van der Waals surface area contributed by atoms with Crippen molar-refractivity contribution in [1.29, 1.82) is 0 Å². The first kappa shape index (κ1) is 17.2. The van der Waals surface area contributed by atoms with Crippen LogP contribution in [0, 0.1) is 0 Å². The van der Waals surface area contributed by atoms with Crippen LogP contribution in [0.5, 0.6) is 0 Å². The van der Waals surface area contributed by atoms with E-state index in [9.17, 15) is 9.59 Å². The summed E-state index contributed by atoms with van der Waals surface area (Å²) in [5, 5.41) is 1.29. The van der Waals surface area contributed by atoms with Crippen LogP contribution in [-0.2, 0) is 6.42 Å². The Morgan fingerprint density at radius 1 is 0.893 bits per heavy atom. The van der Waals surface area contributed by atoms with Gasteiger partial charge in [-0.15, -0.1) is 0 Å². The van der Waals surface area contributed by atoms with E-state index in [0.717, 1.165) is 38.9 Å². The summed E-state index contributed by atoms with van der Waals surface area (Å²) in [6.45, 7) is 2.83. The third kappa shape index (κ3) is 2.83. The number of H-pyrrole nitrogens is 1. The summed E-state index contributed by atoms with van der Waals surface area (Å²) in [5.41, 5.74) is 3.63. The first-order valence-electron chi connectivity index (χ1n) is 9.96. The van der Waals surface area contributed by atoms with E-state index in [-0.39, 0.29) is 17.9 Å². The lowest BCUT2D eigenvalue weighted by Crippen LogP contribution is -2.47. The van der Waals surface area contributed by atoms with Gasteiger partial charge in [0.25, 0.3) is 11.8 Å². The minimum absolute atomic E-state index is 0.0109. The molecule has 0 radical (unpaired) electrons. The number of benzene rings is 2. The van der Waals surface area contributed by atoms with Gasteiger partial charge >= 0.3 is 0 Å². The maximum atomic E-state index is 12.7. The monoisotopic (exact) mass is 373 g/mol. The number of imide groups is 1. The van der Waals surface area contributed by atoms with Crippen LogP contribution in [0.2, 0.25) is 0 Å². The molecule has 5 nitrogen and oxygen atoms in total. The number of amides is 2. The minimum Gasteiger partial charge on any atom is -0.361 e. The molecule has 142 valence electrons. The van der Waals surface area contributed by atoms with Crippen molar-refractivity contribution >= 4 is 22.7 Å². The molecule has 2 aromatic carbocycles. The molecule has 2 amide bonds. The molecule has 3 aromatic rings. The highest BCUT2D eigenvalue weighted by atomic mass is 16.2. The SMILES string of the molecule is O=C1c2ccccc2C(=O)N1C1CCN(CCc2c[nH]c3ccccc23)CC1. The van der Waals surface area contributed by atoms with Crippen molar-refractivity contribution in [2.45, 2.75) is 25.3 Å². The Balaban J connectivity index is 1.20. The van der Waals surface area contributed by atoms with Crippen LogP contribution in [0.3, 0.4) is 0 Å². The zero-order valence-electron chi connectivity index (χ0n) is 15.7. The van der Waals surface area contributed by atoms with Gasteiger partial charge in [0.15, 0.2) is 0 Å². The lowest BCUT2D eigenvalue weighted by atomic mass is 10.0. The van der Waals surface area contributed by atoms with Crippen molar-refractivity contribution < 1.29 is 9.59 Å². The summed E-state index contributed by atoms with van der Waals surface area (Å²) in [7, 11) is 0. The molecule has 2 aliphatic rings. The summed E-state index contributed by atoms with van der Waals surface area (Å²) in [6.07, 6.45) is 4.80. The van der Waals surface area contributed by atoms with Crippen molar-refractivity contribution in [3.63, 3.8) is 0 Å². The zero-order valence-corrected chi connectivity index (χ0v) is 15.7. The van der Waals surface area contributed by atoms with E-state index in [1.54, 1.807) is 12.1 Å². The number of nitrogens with one attached hydrogen (secondary N) is 1. The van der Waals surface area contributed by atoms with Gasteiger partial charge in [0, 0.05) is 42.8 Å². The van der Waals surface area contributed by atoms with Crippen LogP contribution in [0.1, 0.15) is 39.1 Å². The second-order valence-electron chi connectivity index (χ2n) is 7.71. The second kappa shape index (κ2) is 6.91. The molecule has 0 unspecified atom stereocenters. The van der Waals surface area contributed by atoms with Gasteiger partial charge in [-0.05, 0) is 43.0 Å². The van der Waals surface area contributed by atoms with Crippen molar-refractivity contribution in [2.24, 2.45) is 0 Å². The average molecular weight is 373 g/mol. The number of para-hydroxylation sites is 1. The van der Waals surface area contributed by atoms with Gasteiger partial charge in [-0.1, -0.05) is 30.3 Å². The van der Waals surface area contributed by atoms with Crippen molar-refractivity contribution in [3.8, 4) is 0 Å². The maximum Gasteiger partial charge on any atom is 0.261 e. The Morgan fingerprint density at radius 2 is 1.54 bits per heavy atom. The van der Waals surface area contributed by atoms with Gasteiger partial charge in [0.05, 0.1) is 11.1 Å². The largest absolute Gasteiger partial charge is 0.361 e. The molecule has 1 saturated heterocycles. The standard InChI is InChI=1S/C23H23N3O2/c27-22-19-6-1-2-7-20(19)23(28)26(22)17-10-13-25(14-11-17)12-9-16-15-24-21-8-4-3-5-18(16)21/h1-8,15,17,24H,9-14H2. The normalized spacial score (nSPS) is 18.2. The molecule has 28 heavy (non-hydrogen) atoms. The smallest absolute Gasteiger partial charge is 0.261 e. The molecule has 1 fully saturated rings. The molecular formula is C23H23N3O2. The second-order valence-corrected chi connectivity index (χ2v) is 7.71. The van der Waals surface area contributed by atoms with Crippen LogP contribution >= 0.6 is 0 Å². The molecule has 0 aliphatic carbocycles. The number of fused-ring (bicyclic) bond motifs is 2. The first-order valence-corrected chi connectivity index (χ1v) is 9.96. The number of piperidine rings is 1. The van der Waals surface area contributed by atoms with Gasteiger partial charge in [0.1, 0.15) is 0 Å². The molecule has 2 aliphatic heterocycles. The van der Waals surface area contributed by atoms with Crippen molar-refractivity contribution in [1.82, 2.24) is 14.8 Å². The van der Waals surface area contributed by atoms with E-state index in [2.05, 4.69) is 34.3 Å². The molecule has 5 heteroatoms. The van der Waals surface area contributed by atoms with E-state index < -0.39 is 0 Å². The van der Waals surface area contributed by atoms with Crippen molar-refractivity contribution in [2.75, 3.05) is 19.6 Å². The van der Waals surface area contributed by atoms with E-state index in [1.807, 2.05) is 18.2 Å². The zero-order chi connectivity index (χ0) is 19.1. The summed E-state index contributed by atoms with van der Waals surface area (Å²) in [5.74, 6) is -0.254. The number of nitrogens with zero attached hydrogens (tertiary/aromatic N) is 2.